The Morgan fingerprint density at radius 1 is 1.08 bits per heavy atom. The molecule has 0 spiro atoms. The van der Waals surface area contributed by atoms with Crippen LogP contribution in [0.15, 0.2) is 36.8 Å². The molecule has 1 atom stereocenters. The van der Waals surface area contributed by atoms with E-state index in [1.165, 1.54) is 24.7 Å². The van der Waals surface area contributed by atoms with Crippen molar-refractivity contribution in [2.75, 3.05) is 30.9 Å². The molecule has 25 heavy (non-hydrogen) atoms. The Balaban J connectivity index is 1.58. The third-order valence-electron chi connectivity index (χ3n) is 3.92. The van der Waals surface area contributed by atoms with Crippen LogP contribution in [0.3, 0.4) is 0 Å². The van der Waals surface area contributed by atoms with Gasteiger partial charge >= 0.3 is 0 Å². The van der Waals surface area contributed by atoms with Crippen molar-refractivity contribution >= 4 is 28.8 Å². The van der Waals surface area contributed by atoms with Crippen LogP contribution in [0, 0.1) is 0 Å². The molecule has 132 valence electrons. The number of carbonyl (C=O) groups excluding carboxylic acids is 2. The molecule has 3 rings (SSSR count). The minimum atomic E-state index is -2.40. The molecule has 2 aromatic rings. The highest BCUT2D eigenvalue weighted by molar-refractivity contribution is 7.80. The Bertz CT molecular complexity index is 770. The fourth-order valence-electron chi connectivity index (χ4n) is 2.62. The molecule has 1 unspecified atom stereocenters. The first kappa shape index (κ1) is 17.1. The van der Waals surface area contributed by atoms with Crippen molar-refractivity contribution in [3.05, 3.63) is 48.0 Å². The number of hydrogen-bond acceptors (Lipinski definition) is 5. The lowest BCUT2D eigenvalue weighted by molar-refractivity contribution is 0.0532. The third kappa shape index (κ3) is 4.03. The lowest BCUT2D eigenvalue weighted by atomic mass is 10.1. The number of aromatic amines is 1. The maximum Gasteiger partial charge on any atom is 0.272 e. The number of benzene rings is 1. The van der Waals surface area contributed by atoms with E-state index in [9.17, 15) is 18.4 Å². The zero-order valence-corrected chi connectivity index (χ0v) is 14.0. The van der Waals surface area contributed by atoms with Crippen LogP contribution >= 0.6 is 0 Å². The van der Waals surface area contributed by atoms with Gasteiger partial charge in [-0.15, -0.1) is 0 Å². The number of carbonyl (C=O) groups is 2. The molecule has 9 nitrogen and oxygen atoms in total. The topological polar surface area (TPSA) is 121 Å². The second-order valence-electron chi connectivity index (χ2n) is 5.46. The van der Waals surface area contributed by atoms with Crippen molar-refractivity contribution in [3.63, 3.8) is 0 Å². The number of imidazole rings is 1. The molecule has 0 saturated carbocycles. The molecular formula is C15H16N5O4S-. The molecule has 0 bridgehead atoms. The average molecular weight is 362 g/mol. The summed E-state index contributed by atoms with van der Waals surface area (Å²) in [6.45, 7) is 1.75. The molecule has 0 aliphatic carbocycles. The van der Waals surface area contributed by atoms with Crippen LogP contribution < -0.4 is 4.72 Å². The van der Waals surface area contributed by atoms with Crippen LogP contribution in [0.4, 0.5) is 5.69 Å². The quantitative estimate of drug-likeness (QED) is 0.753. The predicted molar refractivity (Wildman–Crippen MR) is 89.4 cm³/mol. The van der Waals surface area contributed by atoms with Gasteiger partial charge in [-0.05, 0) is 24.3 Å². The number of amides is 2. The Morgan fingerprint density at radius 3 is 2.20 bits per heavy atom. The summed E-state index contributed by atoms with van der Waals surface area (Å²) in [4.78, 5) is 34.7. The van der Waals surface area contributed by atoms with Crippen LogP contribution in [0.25, 0.3) is 0 Å². The minimum absolute atomic E-state index is 0.134. The molecule has 1 saturated heterocycles. The Labute approximate surface area is 146 Å². The van der Waals surface area contributed by atoms with E-state index in [1.807, 2.05) is 0 Å². The molecule has 2 heterocycles. The number of nitrogens with one attached hydrogen (secondary N) is 2. The lowest BCUT2D eigenvalue weighted by Gasteiger charge is -2.34. The summed E-state index contributed by atoms with van der Waals surface area (Å²) in [6, 6.07) is 6.20. The Hall–Kier alpha value is -2.72. The zero-order chi connectivity index (χ0) is 17.8. The standard InChI is InChI=1S/C15H17N5O4S/c21-14(11-1-3-12(4-2-11)18-25(23)24)19-5-7-20(8-6-19)15(22)13-9-16-10-17-13/h1-4,9-10,18H,5-8H2,(H,16,17)(H,23,24)/p-1. The molecule has 2 amide bonds. The first-order valence-electron chi connectivity index (χ1n) is 7.57. The van der Waals surface area contributed by atoms with Gasteiger partial charge in [-0.2, -0.15) is 0 Å². The molecular weight excluding hydrogens is 346 g/mol. The molecule has 1 aliphatic rings. The minimum Gasteiger partial charge on any atom is -0.755 e. The normalized spacial score (nSPS) is 15.7. The fraction of sp³-hybridized carbons (Fsp3) is 0.267. The first-order valence-corrected chi connectivity index (χ1v) is 8.65. The highest BCUT2D eigenvalue weighted by Crippen LogP contribution is 2.14. The Morgan fingerprint density at radius 2 is 1.68 bits per heavy atom. The van der Waals surface area contributed by atoms with E-state index in [2.05, 4.69) is 14.7 Å². The van der Waals surface area contributed by atoms with Crippen molar-refractivity contribution in [1.82, 2.24) is 19.8 Å². The second kappa shape index (κ2) is 7.45. The summed E-state index contributed by atoms with van der Waals surface area (Å²) < 4.78 is 23.4. The van der Waals surface area contributed by atoms with Gasteiger partial charge in [0.05, 0.1) is 12.5 Å². The van der Waals surface area contributed by atoms with Crippen molar-refractivity contribution in [1.29, 1.82) is 0 Å². The van der Waals surface area contributed by atoms with Crippen molar-refractivity contribution in [2.45, 2.75) is 0 Å². The molecule has 1 fully saturated rings. The van der Waals surface area contributed by atoms with E-state index in [4.69, 9.17) is 0 Å². The van der Waals surface area contributed by atoms with Crippen LogP contribution in [0.2, 0.25) is 0 Å². The van der Waals surface area contributed by atoms with E-state index in [0.29, 0.717) is 43.1 Å². The van der Waals surface area contributed by atoms with Gasteiger partial charge in [0.25, 0.3) is 11.8 Å². The first-order chi connectivity index (χ1) is 12.0. The monoisotopic (exact) mass is 362 g/mol. The zero-order valence-electron chi connectivity index (χ0n) is 13.2. The molecule has 10 heteroatoms. The highest BCUT2D eigenvalue weighted by Gasteiger charge is 2.25. The average Bonchev–Trinajstić information content (AvgIpc) is 3.15. The van der Waals surface area contributed by atoms with Crippen LogP contribution in [-0.4, -0.2) is 66.5 Å². The number of nitrogens with zero attached hydrogens (tertiary/aromatic N) is 3. The lowest BCUT2D eigenvalue weighted by Crippen LogP contribution is -2.50. The fourth-order valence-corrected chi connectivity index (χ4v) is 2.94. The highest BCUT2D eigenvalue weighted by atomic mass is 32.2. The van der Waals surface area contributed by atoms with Gasteiger partial charge in [-0.25, -0.2) is 4.98 Å². The van der Waals surface area contributed by atoms with Crippen molar-refractivity contribution < 1.29 is 18.4 Å². The second-order valence-corrected chi connectivity index (χ2v) is 6.14. The van der Waals surface area contributed by atoms with Gasteiger partial charge in [0.1, 0.15) is 5.69 Å². The van der Waals surface area contributed by atoms with Crippen LogP contribution in [0.5, 0.6) is 0 Å². The van der Waals surface area contributed by atoms with Gasteiger partial charge in [0.2, 0.25) is 0 Å². The van der Waals surface area contributed by atoms with Gasteiger partial charge in [-0.1, -0.05) is 0 Å². The summed E-state index contributed by atoms with van der Waals surface area (Å²) in [6.07, 6.45) is 2.93. The number of piperazine rings is 1. The Kier molecular flexibility index (Phi) is 5.10. The summed E-state index contributed by atoms with van der Waals surface area (Å²) in [7, 11) is 0. The van der Waals surface area contributed by atoms with Crippen LogP contribution in [0.1, 0.15) is 20.8 Å². The molecule has 2 N–H and O–H groups in total. The van der Waals surface area contributed by atoms with Gasteiger partial charge in [-0.3, -0.25) is 13.8 Å². The molecule has 0 radical (unpaired) electrons. The van der Waals surface area contributed by atoms with E-state index in [-0.39, 0.29) is 11.8 Å². The van der Waals surface area contributed by atoms with Crippen molar-refractivity contribution in [2.24, 2.45) is 0 Å². The van der Waals surface area contributed by atoms with E-state index in [1.54, 1.807) is 21.9 Å². The number of hydrogen-bond donors (Lipinski definition) is 2. The maximum atomic E-state index is 12.5. The summed E-state index contributed by atoms with van der Waals surface area (Å²) >= 11 is -2.40. The summed E-state index contributed by atoms with van der Waals surface area (Å²) in [5.41, 5.74) is 1.29. The van der Waals surface area contributed by atoms with Gasteiger partial charge in [0.15, 0.2) is 0 Å². The molecule has 1 aromatic heterocycles. The SMILES string of the molecule is O=C(c1ccc(NS(=O)[O-])cc1)N1CCN(C(=O)c2cnc[nH]2)CC1. The molecule has 1 aromatic carbocycles. The maximum absolute atomic E-state index is 12.5. The summed E-state index contributed by atoms with van der Waals surface area (Å²) in [5.74, 6) is -0.283. The third-order valence-corrected chi connectivity index (χ3v) is 4.32. The van der Waals surface area contributed by atoms with E-state index >= 15 is 0 Å². The van der Waals surface area contributed by atoms with Gasteiger partial charge < -0.3 is 24.1 Å². The van der Waals surface area contributed by atoms with Crippen molar-refractivity contribution in [3.8, 4) is 0 Å². The van der Waals surface area contributed by atoms with E-state index < -0.39 is 11.3 Å². The molecule has 1 aliphatic heterocycles. The largest absolute Gasteiger partial charge is 0.755 e. The number of aromatic nitrogens is 2. The summed E-state index contributed by atoms with van der Waals surface area (Å²) in [5, 5.41) is 0. The number of anilines is 1. The van der Waals surface area contributed by atoms with Crippen LogP contribution in [-0.2, 0) is 11.3 Å². The number of H-pyrrole nitrogens is 1. The van der Waals surface area contributed by atoms with Gasteiger partial charge in [0, 0.05) is 48.7 Å². The number of rotatable bonds is 4. The predicted octanol–water partition coefficient (Wildman–Crippen LogP) is 0.214. The van der Waals surface area contributed by atoms with E-state index in [0.717, 1.165) is 0 Å². The smallest absolute Gasteiger partial charge is 0.272 e.